The largest absolute Gasteiger partial charge is 0.342 e. The Morgan fingerprint density at radius 3 is 2.78 bits per heavy atom. The van der Waals surface area contributed by atoms with E-state index in [9.17, 15) is 4.79 Å². The minimum absolute atomic E-state index is 0. The molecule has 1 spiro atoms. The van der Waals surface area contributed by atoms with Gasteiger partial charge in [0.1, 0.15) is 0 Å². The lowest BCUT2D eigenvalue weighted by atomic mass is 9.86. The summed E-state index contributed by atoms with van der Waals surface area (Å²) in [6.45, 7) is 4.03. The summed E-state index contributed by atoms with van der Waals surface area (Å²) in [6, 6.07) is 14.6. The van der Waals surface area contributed by atoms with Gasteiger partial charge in [-0.1, -0.05) is 42.5 Å². The second-order valence-corrected chi connectivity index (χ2v) is 6.81. The highest BCUT2D eigenvalue weighted by Crippen LogP contribution is 2.36. The highest BCUT2D eigenvalue weighted by molar-refractivity contribution is 5.90. The molecule has 0 saturated carbocycles. The van der Waals surface area contributed by atoms with Gasteiger partial charge in [-0.25, -0.2) is 0 Å². The second kappa shape index (κ2) is 6.50. The number of nitrogens with one attached hydrogen (secondary N) is 1. The van der Waals surface area contributed by atoms with Gasteiger partial charge in [-0.15, -0.1) is 12.4 Å². The van der Waals surface area contributed by atoms with Gasteiger partial charge >= 0.3 is 0 Å². The van der Waals surface area contributed by atoms with E-state index in [4.69, 9.17) is 0 Å². The molecule has 2 aromatic rings. The van der Waals surface area contributed by atoms with Crippen LogP contribution in [-0.4, -0.2) is 37.0 Å². The first-order chi connectivity index (χ1) is 10.8. The Balaban J connectivity index is 0.00000156. The molecule has 2 aromatic carbocycles. The maximum Gasteiger partial charge on any atom is 0.227 e. The molecule has 122 valence electrons. The van der Waals surface area contributed by atoms with Gasteiger partial charge in [0.05, 0.1) is 6.42 Å². The van der Waals surface area contributed by atoms with E-state index in [-0.39, 0.29) is 18.3 Å². The molecular weight excluding hydrogens is 308 g/mol. The molecule has 1 N–H and O–H groups in total. The monoisotopic (exact) mass is 330 g/mol. The van der Waals surface area contributed by atoms with Crippen LogP contribution in [0, 0.1) is 5.41 Å². The fraction of sp³-hybridized carbons (Fsp3) is 0.421. The number of hydrogen-bond acceptors (Lipinski definition) is 2. The summed E-state index contributed by atoms with van der Waals surface area (Å²) >= 11 is 0. The number of carbonyl (C=O) groups is 1. The molecule has 0 bridgehead atoms. The molecule has 1 unspecified atom stereocenters. The Morgan fingerprint density at radius 1 is 1.13 bits per heavy atom. The van der Waals surface area contributed by atoms with Crippen molar-refractivity contribution in [2.24, 2.45) is 5.41 Å². The molecule has 4 rings (SSSR count). The zero-order valence-corrected chi connectivity index (χ0v) is 14.1. The smallest absolute Gasteiger partial charge is 0.227 e. The lowest BCUT2D eigenvalue weighted by Crippen LogP contribution is -2.34. The number of hydrogen-bond donors (Lipinski definition) is 1. The van der Waals surface area contributed by atoms with Crippen LogP contribution in [0.2, 0.25) is 0 Å². The fourth-order valence-corrected chi connectivity index (χ4v) is 4.01. The molecular formula is C19H23ClN2O. The summed E-state index contributed by atoms with van der Waals surface area (Å²) in [7, 11) is 0. The van der Waals surface area contributed by atoms with Crippen LogP contribution < -0.4 is 5.32 Å². The number of amides is 1. The highest BCUT2D eigenvalue weighted by Gasteiger charge is 2.41. The zero-order chi connectivity index (χ0) is 15.0. The number of halogens is 1. The number of benzene rings is 2. The first-order valence-corrected chi connectivity index (χ1v) is 8.21. The third-order valence-corrected chi connectivity index (χ3v) is 5.34. The van der Waals surface area contributed by atoms with Crippen LogP contribution in [0.1, 0.15) is 18.4 Å². The van der Waals surface area contributed by atoms with Crippen molar-refractivity contribution in [1.82, 2.24) is 10.2 Å². The van der Waals surface area contributed by atoms with Gasteiger partial charge in [0.2, 0.25) is 5.91 Å². The molecule has 23 heavy (non-hydrogen) atoms. The molecule has 0 aromatic heterocycles. The van der Waals surface area contributed by atoms with Crippen LogP contribution in [-0.2, 0) is 11.2 Å². The van der Waals surface area contributed by atoms with E-state index in [0.717, 1.165) is 38.2 Å². The normalized spacial score (nSPS) is 23.4. The topological polar surface area (TPSA) is 32.3 Å². The van der Waals surface area contributed by atoms with Crippen LogP contribution in [0.15, 0.2) is 42.5 Å². The van der Waals surface area contributed by atoms with Gasteiger partial charge in [-0.05, 0) is 35.7 Å². The maximum atomic E-state index is 12.7. The minimum Gasteiger partial charge on any atom is -0.342 e. The molecule has 3 nitrogen and oxygen atoms in total. The van der Waals surface area contributed by atoms with Crippen LogP contribution >= 0.6 is 12.4 Å². The average molecular weight is 331 g/mol. The third kappa shape index (κ3) is 3.08. The van der Waals surface area contributed by atoms with E-state index < -0.39 is 0 Å². The van der Waals surface area contributed by atoms with E-state index in [0.29, 0.717) is 11.8 Å². The lowest BCUT2D eigenvalue weighted by Gasteiger charge is -2.23. The van der Waals surface area contributed by atoms with Gasteiger partial charge in [-0.3, -0.25) is 4.79 Å². The molecule has 2 aliphatic heterocycles. The van der Waals surface area contributed by atoms with Crippen LogP contribution in [0.25, 0.3) is 10.8 Å². The molecule has 0 radical (unpaired) electrons. The molecule has 0 aliphatic carbocycles. The second-order valence-electron chi connectivity index (χ2n) is 6.81. The van der Waals surface area contributed by atoms with Crippen molar-refractivity contribution >= 4 is 29.1 Å². The van der Waals surface area contributed by atoms with Gasteiger partial charge in [0.15, 0.2) is 0 Å². The first-order valence-electron chi connectivity index (χ1n) is 8.21. The average Bonchev–Trinajstić information content (AvgIpc) is 3.18. The number of nitrogens with zero attached hydrogens (tertiary/aromatic N) is 1. The maximum absolute atomic E-state index is 12.7. The molecule has 2 aliphatic rings. The number of rotatable bonds is 2. The van der Waals surface area contributed by atoms with Gasteiger partial charge in [0.25, 0.3) is 0 Å². The Bertz CT molecular complexity index is 704. The summed E-state index contributed by atoms with van der Waals surface area (Å²) in [5.41, 5.74) is 1.50. The Kier molecular flexibility index (Phi) is 4.60. The first kappa shape index (κ1) is 16.3. The van der Waals surface area contributed by atoms with Crippen molar-refractivity contribution in [2.75, 3.05) is 26.2 Å². The Labute approximate surface area is 143 Å². The Morgan fingerprint density at radius 2 is 1.96 bits per heavy atom. The van der Waals surface area contributed by atoms with Gasteiger partial charge in [-0.2, -0.15) is 0 Å². The van der Waals surface area contributed by atoms with Crippen LogP contribution in [0.3, 0.4) is 0 Å². The number of carbonyl (C=O) groups excluding carboxylic acids is 1. The van der Waals surface area contributed by atoms with E-state index >= 15 is 0 Å². The van der Waals surface area contributed by atoms with Gasteiger partial charge in [0, 0.05) is 25.0 Å². The quantitative estimate of drug-likeness (QED) is 0.918. The van der Waals surface area contributed by atoms with E-state index in [1.54, 1.807) is 0 Å². The number of fused-ring (bicyclic) bond motifs is 1. The van der Waals surface area contributed by atoms with Crippen molar-refractivity contribution in [2.45, 2.75) is 19.3 Å². The molecule has 4 heteroatoms. The third-order valence-electron chi connectivity index (χ3n) is 5.34. The van der Waals surface area contributed by atoms with E-state index in [1.807, 2.05) is 12.1 Å². The SMILES string of the molecule is Cl.O=C(Cc1cccc2ccccc12)N1CCC2(CCNC2)C1. The lowest BCUT2D eigenvalue weighted by molar-refractivity contribution is -0.129. The molecule has 2 heterocycles. The van der Waals surface area contributed by atoms with Crippen molar-refractivity contribution in [3.05, 3.63) is 48.0 Å². The van der Waals surface area contributed by atoms with Crippen molar-refractivity contribution < 1.29 is 4.79 Å². The van der Waals surface area contributed by atoms with E-state index in [1.165, 1.54) is 17.2 Å². The zero-order valence-electron chi connectivity index (χ0n) is 13.3. The van der Waals surface area contributed by atoms with Crippen molar-refractivity contribution in [3.8, 4) is 0 Å². The number of likely N-dealkylation sites (tertiary alicyclic amines) is 1. The predicted octanol–water partition coefficient (Wildman–Crippen LogP) is 3.02. The predicted molar refractivity (Wildman–Crippen MR) is 96.0 cm³/mol. The molecule has 2 saturated heterocycles. The van der Waals surface area contributed by atoms with Crippen LogP contribution in [0.5, 0.6) is 0 Å². The molecule has 2 fully saturated rings. The summed E-state index contributed by atoms with van der Waals surface area (Å²) in [5, 5.41) is 5.87. The summed E-state index contributed by atoms with van der Waals surface area (Å²) in [4.78, 5) is 14.8. The summed E-state index contributed by atoms with van der Waals surface area (Å²) in [6.07, 6.45) is 2.89. The fourth-order valence-electron chi connectivity index (χ4n) is 4.01. The standard InChI is InChI=1S/C19H22N2O.ClH/c22-18(21-11-9-19(14-21)8-10-20-13-19)12-16-6-3-5-15-4-1-2-7-17(15)16;/h1-7,20H,8-14H2;1H. The van der Waals surface area contributed by atoms with E-state index in [2.05, 4.69) is 40.5 Å². The van der Waals surface area contributed by atoms with Crippen molar-refractivity contribution in [1.29, 1.82) is 0 Å². The molecule has 1 amide bonds. The highest BCUT2D eigenvalue weighted by atomic mass is 35.5. The molecule has 1 atom stereocenters. The van der Waals surface area contributed by atoms with Gasteiger partial charge < -0.3 is 10.2 Å². The minimum atomic E-state index is 0. The van der Waals surface area contributed by atoms with Crippen molar-refractivity contribution in [3.63, 3.8) is 0 Å². The summed E-state index contributed by atoms with van der Waals surface area (Å²) < 4.78 is 0. The van der Waals surface area contributed by atoms with Crippen LogP contribution in [0.4, 0.5) is 0 Å². The Hall–Kier alpha value is -1.58. The summed E-state index contributed by atoms with van der Waals surface area (Å²) in [5.74, 6) is 0.278.